The summed E-state index contributed by atoms with van der Waals surface area (Å²) in [6.45, 7) is 6.19. The zero-order valence-electron chi connectivity index (χ0n) is 12.1. The van der Waals surface area contributed by atoms with E-state index in [4.69, 9.17) is 0 Å². The molecule has 1 amide bonds. The van der Waals surface area contributed by atoms with Crippen LogP contribution in [-0.2, 0) is 4.79 Å². The van der Waals surface area contributed by atoms with Crippen LogP contribution in [0.1, 0.15) is 35.7 Å². The van der Waals surface area contributed by atoms with Gasteiger partial charge in [0.05, 0.1) is 0 Å². The fourth-order valence-corrected chi connectivity index (χ4v) is 2.62. The first-order valence-corrected chi connectivity index (χ1v) is 7.01. The normalized spacial score (nSPS) is 16.0. The Morgan fingerprint density at radius 2 is 2.20 bits per heavy atom. The summed E-state index contributed by atoms with van der Waals surface area (Å²) in [5.41, 5.74) is 1.65. The van der Waals surface area contributed by atoms with Gasteiger partial charge in [0.1, 0.15) is 5.82 Å². The van der Waals surface area contributed by atoms with E-state index in [1.165, 1.54) is 0 Å². The Morgan fingerprint density at radius 3 is 2.75 bits per heavy atom. The average molecular weight is 275 g/mol. The fourth-order valence-electron chi connectivity index (χ4n) is 2.62. The van der Waals surface area contributed by atoms with E-state index in [-0.39, 0.29) is 5.91 Å². The lowest BCUT2D eigenvalue weighted by atomic mass is 9.96. The predicted octanol–water partition coefficient (Wildman–Crippen LogP) is 1.56. The van der Waals surface area contributed by atoms with Crippen molar-refractivity contribution in [1.29, 1.82) is 0 Å². The second-order valence-electron chi connectivity index (χ2n) is 5.39. The van der Waals surface area contributed by atoms with Crippen LogP contribution in [0.3, 0.4) is 0 Å². The number of nitrogens with one attached hydrogen (secondary N) is 1. The highest BCUT2D eigenvalue weighted by atomic mass is 16.1. The van der Waals surface area contributed by atoms with Crippen LogP contribution in [0, 0.1) is 12.8 Å². The molecule has 0 aliphatic carbocycles. The van der Waals surface area contributed by atoms with Gasteiger partial charge in [0, 0.05) is 38.3 Å². The lowest BCUT2D eigenvalue weighted by molar-refractivity contribution is -0.119. The summed E-state index contributed by atoms with van der Waals surface area (Å²) in [6.07, 6.45) is 4.55. The molecule has 0 radical (unpaired) electrons. The van der Waals surface area contributed by atoms with E-state index in [9.17, 15) is 9.59 Å². The lowest BCUT2D eigenvalue weighted by Gasteiger charge is -2.33. The highest BCUT2D eigenvalue weighted by Gasteiger charge is 2.21. The maximum atomic E-state index is 10.9. The minimum atomic E-state index is 0.0365. The van der Waals surface area contributed by atoms with Gasteiger partial charge in [-0.05, 0) is 37.3 Å². The van der Waals surface area contributed by atoms with E-state index in [0.29, 0.717) is 11.5 Å². The summed E-state index contributed by atoms with van der Waals surface area (Å²) >= 11 is 0. The van der Waals surface area contributed by atoms with Crippen molar-refractivity contribution in [2.75, 3.05) is 24.5 Å². The zero-order valence-corrected chi connectivity index (χ0v) is 12.1. The molecular weight excluding hydrogens is 254 g/mol. The van der Waals surface area contributed by atoms with Crippen LogP contribution >= 0.6 is 0 Å². The molecule has 0 saturated carbocycles. The molecule has 0 atom stereocenters. The standard InChI is InChI=1S/C15H21N3O2/c1-11-7-14(10-19)9-17-15(11)18-5-3-13(4-6-18)8-16-12(2)20/h7,9-10,13H,3-6,8H2,1-2H3,(H,16,20). The number of carbonyl (C=O) groups excluding carboxylic acids is 2. The minimum Gasteiger partial charge on any atom is -0.356 e. The Bertz CT molecular complexity index is 494. The Morgan fingerprint density at radius 1 is 1.50 bits per heavy atom. The lowest BCUT2D eigenvalue weighted by Crippen LogP contribution is -2.38. The maximum absolute atomic E-state index is 10.9. The Hall–Kier alpha value is -1.91. The number of aromatic nitrogens is 1. The van der Waals surface area contributed by atoms with Crippen molar-refractivity contribution in [3.63, 3.8) is 0 Å². The van der Waals surface area contributed by atoms with Crippen molar-refractivity contribution < 1.29 is 9.59 Å². The highest BCUT2D eigenvalue weighted by Crippen LogP contribution is 2.24. The van der Waals surface area contributed by atoms with E-state index in [2.05, 4.69) is 15.2 Å². The molecule has 5 heteroatoms. The van der Waals surface area contributed by atoms with Crippen LogP contribution in [0.15, 0.2) is 12.3 Å². The first-order valence-electron chi connectivity index (χ1n) is 7.01. The van der Waals surface area contributed by atoms with Crippen LogP contribution in [-0.4, -0.2) is 36.8 Å². The molecule has 1 N–H and O–H groups in total. The van der Waals surface area contributed by atoms with Gasteiger partial charge in [-0.25, -0.2) is 4.98 Å². The molecule has 1 aliphatic heterocycles. The Labute approximate surface area is 119 Å². The number of aldehydes is 1. The predicted molar refractivity (Wildman–Crippen MR) is 78.0 cm³/mol. The maximum Gasteiger partial charge on any atom is 0.216 e. The van der Waals surface area contributed by atoms with Crippen LogP contribution in [0.25, 0.3) is 0 Å². The second kappa shape index (κ2) is 6.50. The van der Waals surface area contributed by atoms with E-state index < -0.39 is 0 Å². The molecule has 1 aliphatic rings. The SMILES string of the molecule is CC(=O)NCC1CCN(c2ncc(C=O)cc2C)CC1. The van der Waals surface area contributed by atoms with Gasteiger partial charge < -0.3 is 10.2 Å². The Balaban J connectivity index is 1.93. The highest BCUT2D eigenvalue weighted by molar-refractivity contribution is 5.75. The molecule has 1 aromatic heterocycles. The van der Waals surface area contributed by atoms with Crippen molar-refractivity contribution in [1.82, 2.24) is 10.3 Å². The number of carbonyl (C=O) groups is 2. The van der Waals surface area contributed by atoms with Crippen molar-refractivity contribution in [2.45, 2.75) is 26.7 Å². The van der Waals surface area contributed by atoms with Crippen LogP contribution < -0.4 is 10.2 Å². The minimum absolute atomic E-state index is 0.0365. The first kappa shape index (κ1) is 14.5. The van der Waals surface area contributed by atoms with E-state index in [1.807, 2.05) is 13.0 Å². The summed E-state index contributed by atoms with van der Waals surface area (Å²) in [5, 5.41) is 2.88. The van der Waals surface area contributed by atoms with Gasteiger partial charge in [-0.15, -0.1) is 0 Å². The topological polar surface area (TPSA) is 62.3 Å². The number of pyridine rings is 1. The van der Waals surface area contributed by atoms with Gasteiger partial charge in [0.25, 0.3) is 0 Å². The molecule has 5 nitrogen and oxygen atoms in total. The molecule has 2 rings (SSSR count). The average Bonchev–Trinajstić information content (AvgIpc) is 2.45. The molecule has 0 unspecified atom stereocenters. The van der Waals surface area contributed by atoms with Crippen molar-refractivity contribution in [3.8, 4) is 0 Å². The fraction of sp³-hybridized carbons (Fsp3) is 0.533. The third-order valence-electron chi connectivity index (χ3n) is 3.76. The van der Waals surface area contributed by atoms with Gasteiger partial charge in [-0.2, -0.15) is 0 Å². The molecule has 1 saturated heterocycles. The van der Waals surface area contributed by atoms with Crippen LogP contribution in [0.4, 0.5) is 5.82 Å². The number of piperidine rings is 1. The first-order chi connectivity index (χ1) is 9.60. The Kier molecular flexibility index (Phi) is 4.71. The van der Waals surface area contributed by atoms with Gasteiger partial charge in [-0.1, -0.05) is 0 Å². The summed E-state index contributed by atoms with van der Waals surface area (Å²) in [4.78, 5) is 28.3. The number of hydrogen-bond acceptors (Lipinski definition) is 4. The van der Waals surface area contributed by atoms with Crippen molar-refractivity contribution in [3.05, 3.63) is 23.4 Å². The zero-order chi connectivity index (χ0) is 14.5. The van der Waals surface area contributed by atoms with Gasteiger partial charge in [0.2, 0.25) is 5.91 Å². The number of aryl methyl sites for hydroxylation is 1. The molecule has 0 spiro atoms. The summed E-state index contributed by atoms with van der Waals surface area (Å²) in [7, 11) is 0. The van der Waals surface area contributed by atoms with Gasteiger partial charge in [0.15, 0.2) is 6.29 Å². The summed E-state index contributed by atoms with van der Waals surface area (Å²) < 4.78 is 0. The molecule has 1 aromatic rings. The van der Waals surface area contributed by atoms with Crippen LogP contribution in [0.2, 0.25) is 0 Å². The largest absolute Gasteiger partial charge is 0.356 e. The summed E-state index contributed by atoms with van der Waals surface area (Å²) in [5.74, 6) is 1.55. The number of rotatable bonds is 4. The van der Waals surface area contributed by atoms with E-state index in [1.54, 1.807) is 13.1 Å². The van der Waals surface area contributed by atoms with Gasteiger partial charge in [-0.3, -0.25) is 9.59 Å². The molecule has 0 bridgehead atoms. The molecular formula is C15H21N3O2. The molecule has 2 heterocycles. The molecule has 1 fully saturated rings. The number of amides is 1. The monoisotopic (exact) mass is 275 g/mol. The van der Waals surface area contributed by atoms with Gasteiger partial charge >= 0.3 is 0 Å². The molecule has 20 heavy (non-hydrogen) atoms. The number of anilines is 1. The second-order valence-corrected chi connectivity index (χ2v) is 5.39. The molecule has 0 aromatic carbocycles. The van der Waals surface area contributed by atoms with Crippen molar-refractivity contribution in [2.24, 2.45) is 5.92 Å². The van der Waals surface area contributed by atoms with Crippen LogP contribution in [0.5, 0.6) is 0 Å². The quantitative estimate of drug-likeness (QED) is 0.847. The number of nitrogens with zero attached hydrogens (tertiary/aromatic N) is 2. The third-order valence-corrected chi connectivity index (χ3v) is 3.76. The molecule has 108 valence electrons. The summed E-state index contributed by atoms with van der Waals surface area (Å²) in [6, 6.07) is 1.87. The van der Waals surface area contributed by atoms with E-state index in [0.717, 1.165) is 50.1 Å². The van der Waals surface area contributed by atoms with E-state index >= 15 is 0 Å². The number of hydrogen-bond donors (Lipinski definition) is 1. The third kappa shape index (κ3) is 3.56. The smallest absolute Gasteiger partial charge is 0.216 e. The van der Waals surface area contributed by atoms with Crippen molar-refractivity contribution >= 4 is 18.0 Å².